The summed E-state index contributed by atoms with van der Waals surface area (Å²) in [6, 6.07) is 11.7. The van der Waals surface area contributed by atoms with E-state index in [2.05, 4.69) is 52.1 Å². The van der Waals surface area contributed by atoms with Crippen LogP contribution in [0.25, 0.3) is 0 Å². The van der Waals surface area contributed by atoms with Crippen molar-refractivity contribution in [3.63, 3.8) is 0 Å². The minimum absolute atomic E-state index is 0.314. The first-order valence-corrected chi connectivity index (χ1v) is 11.6. The highest BCUT2D eigenvalue weighted by molar-refractivity contribution is 5.77. The highest BCUT2D eigenvalue weighted by atomic mass is 16.5. The number of rotatable bonds is 5. The number of fused-ring (bicyclic) bond motifs is 1. The maximum Gasteiger partial charge on any atom is 0.222 e. The molecule has 160 valence electrons. The summed E-state index contributed by atoms with van der Waals surface area (Å²) in [5.74, 6) is 0.824. The molecule has 5 heteroatoms. The fraction of sp³-hybridized carbons (Fsp3) is 0.708. The van der Waals surface area contributed by atoms with E-state index < -0.39 is 0 Å². The lowest BCUT2D eigenvalue weighted by molar-refractivity contribution is -0.136. The number of amides is 1. The highest BCUT2D eigenvalue weighted by Crippen LogP contribution is 2.38. The Hall–Kier alpha value is -1.43. The van der Waals surface area contributed by atoms with Crippen molar-refractivity contribution in [2.75, 3.05) is 53.0 Å². The molecule has 0 aromatic heterocycles. The van der Waals surface area contributed by atoms with E-state index >= 15 is 0 Å². The third kappa shape index (κ3) is 5.01. The molecule has 3 saturated heterocycles. The molecule has 3 fully saturated rings. The molecule has 0 unspecified atom stereocenters. The van der Waals surface area contributed by atoms with Crippen molar-refractivity contribution >= 4 is 5.91 Å². The summed E-state index contributed by atoms with van der Waals surface area (Å²) in [6.45, 7) is 6.73. The van der Waals surface area contributed by atoms with Gasteiger partial charge in [0, 0.05) is 38.0 Å². The van der Waals surface area contributed by atoms with Crippen LogP contribution in [0.3, 0.4) is 0 Å². The third-order valence-corrected chi connectivity index (χ3v) is 7.19. The van der Waals surface area contributed by atoms with Crippen LogP contribution in [0.5, 0.6) is 0 Å². The largest absolute Gasteiger partial charge is 0.379 e. The van der Waals surface area contributed by atoms with Crippen LogP contribution in [-0.2, 0) is 9.53 Å². The highest BCUT2D eigenvalue weighted by Gasteiger charge is 2.43. The smallest absolute Gasteiger partial charge is 0.222 e. The monoisotopic (exact) mass is 399 g/mol. The lowest BCUT2D eigenvalue weighted by atomic mass is 9.79. The molecule has 3 heterocycles. The SMILES string of the molecule is CN1CC[C@H](c2ccccc2)[C@@H]2[C@H]1CCCCN2C(=O)CCCN1CCOCC1. The number of benzene rings is 1. The number of carbonyl (C=O) groups is 1. The van der Waals surface area contributed by atoms with Crippen LogP contribution in [-0.4, -0.2) is 85.7 Å². The zero-order valence-corrected chi connectivity index (χ0v) is 18.0. The number of likely N-dealkylation sites (tertiary alicyclic amines) is 2. The van der Waals surface area contributed by atoms with Crippen LogP contribution in [0.15, 0.2) is 30.3 Å². The second-order valence-electron chi connectivity index (χ2n) is 8.98. The number of hydrogen-bond acceptors (Lipinski definition) is 4. The van der Waals surface area contributed by atoms with Crippen molar-refractivity contribution in [1.82, 2.24) is 14.7 Å². The second-order valence-corrected chi connectivity index (χ2v) is 8.98. The predicted molar refractivity (Wildman–Crippen MR) is 116 cm³/mol. The van der Waals surface area contributed by atoms with Crippen LogP contribution in [0.4, 0.5) is 0 Å². The Morgan fingerprint density at radius 3 is 2.62 bits per heavy atom. The molecule has 0 radical (unpaired) electrons. The fourth-order valence-corrected chi connectivity index (χ4v) is 5.59. The summed E-state index contributed by atoms with van der Waals surface area (Å²) >= 11 is 0. The first kappa shape index (κ1) is 20.8. The molecular formula is C24H37N3O2. The summed E-state index contributed by atoms with van der Waals surface area (Å²) < 4.78 is 5.44. The molecule has 0 spiro atoms. The van der Waals surface area contributed by atoms with E-state index in [4.69, 9.17) is 4.74 Å². The minimum atomic E-state index is 0.314. The topological polar surface area (TPSA) is 36.0 Å². The molecule has 5 nitrogen and oxygen atoms in total. The normalized spacial score (nSPS) is 29.3. The van der Waals surface area contributed by atoms with Gasteiger partial charge in [0.2, 0.25) is 5.91 Å². The van der Waals surface area contributed by atoms with E-state index in [1.807, 2.05) is 0 Å². The Bertz CT molecular complexity index is 647. The van der Waals surface area contributed by atoms with Gasteiger partial charge in [0.05, 0.1) is 19.3 Å². The zero-order valence-electron chi connectivity index (χ0n) is 18.0. The van der Waals surface area contributed by atoms with E-state index in [0.717, 1.165) is 65.2 Å². The van der Waals surface area contributed by atoms with Gasteiger partial charge >= 0.3 is 0 Å². The van der Waals surface area contributed by atoms with Gasteiger partial charge in [0.15, 0.2) is 0 Å². The Kier molecular flexibility index (Phi) is 7.22. The molecule has 0 aliphatic carbocycles. The number of likely N-dealkylation sites (N-methyl/N-ethyl adjacent to an activating group) is 1. The minimum Gasteiger partial charge on any atom is -0.379 e. The Balaban J connectivity index is 1.46. The van der Waals surface area contributed by atoms with Gasteiger partial charge < -0.3 is 14.5 Å². The van der Waals surface area contributed by atoms with E-state index in [1.54, 1.807) is 0 Å². The molecule has 0 N–H and O–H groups in total. The molecule has 0 bridgehead atoms. The van der Waals surface area contributed by atoms with Gasteiger partial charge in [0.25, 0.3) is 0 Å². The van der Waals surface area contributed by atoms with Crippen LogP contribution in [0.2, 0.25) is 0 Å². The van der Waals surface area contributed by atoms with Crippen LogP contribution >= 0.6 is 0 Å². The van der Waals surface area contributed by atoms with Crippen molar-refractivity contribution in [3.05, 3.63) is 35.9 Å². The van der Waals surface area contributed by atoms with Gasteiger partial charge in [-0.2, -0.15) is 0 Å². The molecule has 1 aromatic carbocycles. The standard InChI is InChI=1S/C24H37N3O2/c1-25-15-12-21(20-8-3-2-4-9-20)24-22(25)10-5-6-14-27(24)23(28)11-7-13-26-16-18-29-19-17-26/h2-4,8-9,21-22,24H,5-7,10-19H2,1H3/t21-,22-,24-/m1/s1. The lowest BCUT2D eigenvalue weighted by Crippen LogP contribution is -2.58. The summed E-state index contributed by atoms with van der Waals surface area (Å²) in [6.07, 6.45) is 6.34. The number of piperidine rings is 1. The van der Waals surface area contributed by atoms with Gasteiger partial charge in [-0.1, -0.05) is 36.8 Å². The van der Waals surface area contributed by atoms with E-state index in [1.165, 1.54) is 18.4 Å². The predicted octanol–water partition coefficient (Wildman–Crippen LogP) is 2.97. The molecule has 3 atom stereocenters. The molecule has 1 aromatic rings. The van der Waals surface area contributed by atoms with E-state index in [-0.39, 0.29) is 0 Å². The van der Waals surface area contributed by atoms with Gasteiger partial charge in [-0.05, 0) is 51.4 Å². The molecular weight excluding hydrogens is 362 g/mol. The first-order valence-electron chi connectivity index (χ1n) is 11.6. The average Bonchev–Trinajstić information content (AvgIpc) is 2.99. The Morgan fingerprint density at radius 2 is 1.83 bits per heavy atom. The van der Waals surface area contributed by atoms with Crippen molar-refractivity contribution in [2.24, 2.45) is 0 Å². The molecule has 0 saturated carbocycles. The van der Waals surface area contributed by atoms with Gasteiger partial charge in [-0.15, -0.1) is 0 Å². The van der Waals surface area contributed by atoms with E-state index in [0.29, 0.717) is 30.3 Å². The van der Waals surface area contributed by atoms with Gasteiger partial charge in [-0.3, -0.25) is 9.69 Å². The molecule has 1 amide bonds. The number of carbonyl (C=O) groups excluding carboxylic acids is 1. The third-order valence-electron chi connectivity index (χ3n) is 7.19. The van der Waals surface area contributed by atoms with Gasteiger partial charge in [0.1, 0.15) is 0 Å². The molecule has 3 aliphatic heterocycles. The maximum absolute atomic E-state index is 13.4. The number of nitrogens with zero attached hydrogens (tertiary/aromatic N) is 3. The average molecular weight is 400 g/mol. The quantitative estimate of drug-likeness (QED) is 0.763. The second kappa shape index (κ2) is 10.1. The van der Waals surface area contributed by atoms with Crippen molar-refractivity contribution in [1.29, 1.82) is 0 Å². The number of hydrogen-bond donors (Lipinski definition) is 0. The van der Waals surface area contributed by atoms with Crippen molar-refractivity contribution < 1.29 is 9.53 Å². The molecule has 3 aliphatic rings. The number of morpholine rings is 1. The maximum atomic E-state index is 13.4. The first-order chi connectivity index (χ1) is 14.2. The summed E-state index contributed by atoms with van der Waals surface area (Å²) in [4.78, 5) is 20.6. The fourth-order valence-electron chi connectivity index (χ4n) is 5.59. The zero-order chi connectivity index (χ0) is 20.1. The number of ether oxygens (including phenoxy) is 1. The van der Waals surface area contributed by atoms with Crippen LogP contribution < -0.4 is 0 Å². The summed E-state index contributed by atoms with van der Waals surface area (Å²) in [5, 5.41) is 0. The van der Waals surface area contributed by atoms with Crippen LogP contribution in [0.1, 0.15) is 50.0 Å². The molecule has 4 rings (SSSR count). The summed E-state index contributed by atoms with van der Waals surface area (Å²) in [5.41, 5.74) is 1.41. The lowest BCUT2D eigenvalue weighted by Gasteiger charge is -2.48. The van der Waals surface area contributed by atoms with Crippen LogP contribution in [0, 0.1) is 0 Å². The van der Waals surface area contributed by atoms with Crippen molar-refractivity contribution in [3.8, 4) is 0 Å². The Labute approximate surface area is 176 Å². The van der Waals surface area contributed by atoms with E-state index in [9.17, 15) is 4.79 Å². The molecule has 29 heavy (non-hydrogen) atoms. The summed E-state index contributed by atoms with van der Waals surface area (Å²) in [7, 11) is 2.26. The van der Waals surface area contributed by atoms with Gasteiger partial charge in [-0.25, -0.2) is 0 Å². The van der Waals surface area contributed by atoms with Crippen molar-refractivity contribution in [2.45, 2.75) is 56.5 Å². The Morgan fingerprint density at radius 1 is 1.03 bits per heavy atom.